The van der Waals surface area contributed by atoms with Gasteiger partial charge in [0.1, 0.15) is 11.5 Å². The van der Waals surface area contributed by atoms with Crippen LogP contribution in [0.5, 0.6) is 5.75 Å². The van der Waals surface area contributed by atoms with Gasteiger partial charge in [-0.2, -0.15) is 0 Å². The maximum atomic E-state index is 5.22. The summed E-state index contributed by atoms with van der Waals surface area (Å²) in [6.45, 7) is 6.64. The Hall–Kier alpha value is -1.97. The molecule has 4 heteroatoms. The zero-order chi connectivity index (χ0) is 13.1. The second-order valence-electron chi connectivity index (χ2n) is 4.34. The van der Waals surface area contributed by atoms with E-state index in [4.69, 9.17) is 9.26 Å². The molecule has 2 aromatic rings. The molecule has 0 bridgehead atoms. The van der Waals surface area contributed by atoms with E-state index in [1.807, 2.05) is 32.0 Å². The third-order valence-corrected chi connectivity index (χ3v) is 3.08. The van der Waals surface area contributed by atoms with Crippen LogP contribution in [0.2, 0.25) is 0 Å². The van der Waals surface area contributed by atoms with Gasteiger partial charge in [0.25, 0.3) is 0 Å². The highest BCUT2D eigenvalue weighted by Crippen LogP contribution is 2.23. The summed E-state index contributed by atoms with van der Waals surface area (Å²) < 4.78 is 10.4. The number of rotatable bonds is 4. The highest BCUT2D eigenvalue weighted by molar-refractivity contribution is 5.55. The molecule has 0 unspecified atom stereocenters. The first-order valence-corrected chi connectivity index (χ1v) is 5.92. The molecular formula is C14H18N2O2. The fourth-order valence-corrected chi connectivity index (χ4v) is 1.86. The summed E-state index contributed by atoms with van der Waals surface area (Å²) in [7, 11) is 1.67. The molecule has 0 fully saturated rings. The molecule has 1 N–H and O–H groups in total. The quantitative estimate of drug-likeness (QED) is 0.899. The Morgan fingerprint density at radius 2 is 2.06 bits per heavy atom. The highest BCUT2D eigenvalue weighted by Gasteiger charge is 2.09. The zero-order valence-corrected chi connectivity index (χ0v) is 11.2. The number of ether oxygens (including phenoxy) is 1. The van der Waals surface area contributed by atoms with Crippen molar-refractivity contribution in [2.45, 2.75) is 27.3 Å². The lowest BCUT2D eigenvalue weighted by molar-refractivity contribution is 0.392. The second-order valence-corrected chi connectivity index (χ2v) is 4.34. The first kappa shape index (κ1) is 12.5. The van der Waals surface area contributed by atoms with Gasteiger partial charge in [0, 0.05) is 23.9 Å². The van der Waals surface area contributed by atoms with Crippen LogP contribution in [0, 0.1) is 20.8 Å². The molecule has 0 spiro atoms. The zero-order valence-electron chi connectivity index (χ0n) is 11.2. The number of anilines is 1. The molecule has 1 aromatic carbocycles. The monoisotopic (exact) mass is 246 g/mol. The first-order chi connectivity index (χ1) is 8.61. The summed E-state index contributed by atoms with van der Waals surface area (Å²) in [6.07, 6.45) is 0. The molecule has 0 saturated heterocycles. The van der Waals surface area contributed by atoms with Gasteiger partial charge in [-0.3, -0.25) is 0 Å². The topological polar surface area (TPSA) is 47.3 Å². The lowest BCUT2D eigenvalue weighted by Gasteiger charge is -2.11. The second kappa shape index (κ2) is 5.12. The van der Waals surface area contributed by atoms with Crippen LogP contribution >= 0.6 is 0 Å². The van der Waals surface area contributed by atoms with E-state index in [0.717, 1.165) is 28.5 Å². The predicted molar refractivity (Wildman–Crippen MR) is 71.0 cm³/mol. The smallest absolute Gasteiger partial charge is 0.138 e. The van der Waals surface area contributed by atoms with Crippen LogP contribution in [0.15, 0.2) is 22.7 Å². The number of nitrogens with zero attached hydrogens (tertiary/aromatic N) is 1. The molecule has 0 atom stereocenters. The van der Waals surface area contributed by atoms with Crippen molar-refractivity contribution in [1.82, 2.24) is 5.16 Å². The Kier molecular flexibility index (Phi) is 3.55. The number of benzene rings is 1. The third kappa shape index (κ3) is 2.47. The van der Waals surface area contributed by atoms with E-state index in [9.17, 15) is 0 Å². The number of aryl methyl sites for hydroxylation is 3. The van der Waals surface area contributed by atoms with E-state index in [0.29, 0.717) is 6.54 Å². The van der Waals surface area contributed by atoms with Crippen molar-refractivity contribution in [2.75, 3.05) is 12.4 Å². The lowest BCUT2D eigenvalue weighted by atomic mass is 10.1. The molecule has 96 valence electrons. The highest BCUT2D eigenvalue weighted by atomic mass is 16.5. The molecule has 0 aliphatic carbocycles. The fourth-order valence-electron chi connectivity index (χ4n) is 1.86. The first-order valence-electron chi connectivity index (χ1n) is 5.92. The van der Waals surface area contributed by atoms with Crippen molar-refractivity contribution in [1.29, 1.82) is 0 Å². The Bertz CT molecular complexity index is 527. The fraction of sp³-hybridized carbons (Fsp3) is 0.357. The van der Waals surface area contributed by atoms with E-state index in [1.165, 1.54) is 5.56 Å². The number of methoxy groups -OCH3 is 1. The number of aromatic nitrogens is 1. The van der Waals surface area contributed by atoms with Crippen LogP contribution in [0.25, 0.3) is 0 Å². The van der Waals surface area contributed by atoms with Crippen LogP contribution in [-0.2, 0) is 6.54 Å². The Balaban J connectivity index is 2.15. The average molecular weight is 246 g/mol. The summed E-state index contributed by atoms with van der Waals surface area (Å²) >= 11 is 0. The Labute approximate surface area is 107 Å². The normalized spacial score (nSPS) is 10.4. The van der Waals surface area contributed by atoms with Crippen molar-refractivity contribution in [3.8, 4) is 5.75 Å². The van der Waals surface area contributed by atoms with Crippen LogP contribution < -0.4 is 10.1 Å². The van der Waals surface area contributed by atoms with Gasteiger partial charge in [-0.1, -0.05) is 11.2 Å². The van der Waals surface area contributed by atoms with Gasteiger partial charge in [0.2, 0.25) is 0 Å². The molecule has 4 nitrogen and oxygen atoms in total. The van der Waals surface area contributed by atoms with Crippen molar-refractivity contribution >= 4 is 5.69 Å². The molecule has 0 aliphatic heterocycles. The molecule has 0 aliphatic rings. The van der Waals surface area contributed by atoms with Gasteiger partial charge in [-0.15, -0.1) is 0 Å². The van der Waals surface area contributed by atoms with Crippen molar-refractivity contribution in [3.05, 3.63) is 40.8 Å². The van der Waals surface area contributed by atoms with E-state index in [2.05, 4.69) is 17.4 Å². The third-order valence-electron chi connectivity index (χ3n) is 3.08. The average Bonchev–Trinajstić information content (AvgIpc) is 2.68. The molecule has 1 heterocycles. The summed E-state index contributed by atoms with van der Waals surface area (Å²) in [4.78, 5) is 0. The molecule has 0 amide bonds. The molecular weight excluding hydrogens is 228 g/mol. The van der Waals surface area contributed by atoms with Crippen molar-refractivity contribution in [3.63, 3.8) is 0 Å². The Morgan fingerprint density at radius 3 is 2.67 bits per heavy atom. The van der Waals surface area contributed by atoms with Crippen molar-refractivity contribution < 1.29 is 9.26 Å². The van der Waals surface area contributed by atoms with Crippen molar-refractivity contribution in [2.24, 2.45) is 0 Å². The molecule has 0 radical (unpaired) electrons. The molecule has 1 aromatic heterocycles. The summed E-state index contributed by atoms with van der Waals surface area (Å²) in [5, 5.41) is 7.34. The summed E-state index contributed by atoms with van der Waals surface area (Å²) in [5.41, 5.74) is 4.29. The molecule has 0 saturated carbocycles. The van der Waals surface area contributed by atoms with E-state index >= 15 is 0 Å². The maximum Gasteiger partial charge on any atom is 0.138 e. The van der Waals surface area contributed by atoms with Crippen LogP contribution in [0.1, 0.15) is 22.6 Å². The van der Waals surface area contributed by atoms with E-state index in [-0.39, 0.29) is 0 Å². The van der Waals surface area contributed by atoms with E-state index in [1.54, 1.807) is 7.11 Å². The number of hydrogen-bond acceptors (Lipinski definition) is 4. The SMILES string of the molecule is COc1ccc(C)c(NCc2c(C)noc2C)c1. The predicted octanol–water partition coefficient (Wildman–Crippen LogP) is 3.22. The minimum absolute atomic E-state index is 0.704. The van der Waals surface area contributed by atoms with Gasteiger partial charge in [-0.05, 0) is 32.4 Å². The Morgan fingerprint density at radius 1 is 1.28 bits per heavy atom. The van der Waals surface area contributed by atoms with E-state index < -0.39 is 0 Å². The minimum atomic E-state index is 0.704. The molecule has 2 rings (SSSR count). The minimum Gasteiger partial charge on any atom is -0.497 e. The maximum absolute atomic E-state index is 5.22. The summed E-state index contributed by atoms with van der Waals surface area (Å²) in [6, 6.07) is 5.98. The molecule has 18 heavy (non-hydrogen) atoms. The van der Waals surface area contributed by atoms with Crippen LogP contribution in [0.4, 0.5) is 5.69 Å². The van der Waals surface area contributed by atoms with Gasteiger partial charge in [0.05, 0.1) is 12.8 Å². The van der Waals surface area contributed by atoms with Gasteiger partial charge in [0.15, 0.2) is 0 Å². The van der Waals surface area contributed by atoms with Gasteiger partial charge < -0.3 is 14.6 Å². The van der Waals surface area contributed by atoms with Crippen LogP contribution in [0.3, 0.4) is 0 Å². The lowest BCUT2D eigenvalue weighted by Crippen LogP contribution is -2.03. The number of hydrogen-bond donors (Lipinski definition) is 1. The van der Waals surface area contributed by atoms with Gasteiger partial charge in [-0.25, -0.2) is 0 Å². The largest absolute Gasteiger partial charge is 0.497 e. The standard InChI is InChI=1S/C14H18N2O2/c1-9-5-6-12(17-4)7-14(9)15-8-13-10(2)16-18-11(13)3/h5-7,15H,8H2,1-4H3. The summed E-state index contributed by atoms with van der Waals surface area (Å²) in [5.74, 6) is 1.71. The van der Waals surface area contributed by atoms with Crippen LogP contribution in [-0.4, -0.2) is 12.3 Å². The van der Waals surface area contributed by atoms with Gasteiger partial charge >= 0.3 is 0 Å². The number of nitrogens with one attached hydrogen (secondary N) is 1.